The third-order valence-corrected chi connectivity index (χ3v) is 11.4. The number of fused-ring (bicyclic) bond motifs is 5. The zero-order chi connectivity index (χ0) is 37.8. The molecule has 3 aliphatic carbocycles. The third kappa shape index (κ3) is 8.85. The number of allylic oxidation sites excluding steroid dienone is 4. The van der Waals surface area contributed by atoms with Crippen molar-refractivity contribution in [1.29, 1.82) is 0 Å². The van der Waals surface area contributed by atoms with Gasteiger partial charge >= 0.3 is 137 Å². The molecule has 0 saturated heterocycles. The summed E-state index contributed by atoms with van der Waals surface area (Å²) in [6, 6.07) is 28.9. The fourth-order valence-electron chi connectivity index (χ4n) is 7.41. The quantitative estimate of drug-likeness (QED) is 0.135. The van der Waals surface area contributed by atoms with Crippen molar-refractivity contribution in [2.45, 2.75) is 71.1 Å². The van der Waals surface area contributed by atoms with Crippen LogP contribution in [0.3, 0.4) is 0 Å². The first-order chi connectivity index (χ1) is 24.3. The molecule has 0 fully saturated rings. The molecule has 0 amide bonds. The third-order valence-electron chi connectivity index (χ3n) is 9.99. The Labute approximate surface area is 340 Å². The summed E-state index contributed by atoms with van der Waals surface area (Å²) in [6.45, 7) is 13.7. The second-order valence-corrected chi connectivity index (χ2v) is 15.9. The molecule has 9 heteroatoms. The molecule has 0 nitrogen and oxygen atoms in total. The largest absolute Gasteiger partial charge is 1.00 e. The number of benzene rings is 4. The van der Waals surface area contributed by atoms with Crippen LogP contribution in [0.5, 0.6) is 0 Å². The second kappa shape index (κ2) is 16.0. The van der Waals surface area contributed by atoms with Crippen LogP contribution in [-0.4, -0.2) is 3.21 Å². The van der Waals surface area contributed by atoms with Gasteiger partial charge in [-0.25, -0.2) is 17.7 Å². The van der Waals surface area contributed by atoms with Gasteiger partial charge in [0.05, 0.1) is 0 Å². The first kappa shape index (κ1) is 43.4. The first-order valence-electron chi connectivity index (χ1n) is 17.0. The number of hydrogen-bond acceptors (Lipinski definition) is 0. The molecule has 0 radical (unpaired) electrons. The molecular weight excluding hydrogens is 817 g/mol. The molecule has 280 valence electrons. The molecule has 0 saturated carbocycles. The van der Waals surface area contributed by atoms with Gasteiger partial charge in [-0.1, -0.05) is 58.2 Å². The van der Waals surface area contributed by atoms with Gasteiger partial charge in [0.25, 0.3) is 0 Å². The molecule has 0 spiro atoms. The van der Waals surface area contributed by atoms with Gasteiger partial charge < -0.3 is 24.8 Å². The van der Waals surface area contributed by atoms with Crippen LogP contribution in [0.15, 0.2) is 109 Å². The molecule has 5 aromatic rings. The van der Waals surface area contributed by atoms with E-state index >= 15 is 0 Å². The van der Waals surface area contributed by atoms with Gasteiger partial charge in [-0.15, -0.1) is 11.6 Å². The maximum atomic E-state index is 12.5. The van der Waals surface area contributed by atoms with Crippen LogP contribution in [0.2, 0.25) is 0 Å². The fourth-order valence-corrected chi connectivity index (χ4v) is 8.23. The Balaban J connectivity index is 0.000000208. The minimum absolute atomic E-state index is 0. The summed E-state index contributed by atoms with van der Waals surface area (Å²) in [5.41, 5.74) is 14.2. The average Bonchev–Trinajstić information content (AvgIpc) is 3.85. The molecule has 0 heterocycles. The smallest absolute Gasteiger partial charge is 0.172 e. The minimum Gasteiger partial charge on any atom is -1.00 e. The van der Waals surface area contributed by atoms with E-state index in [1.165, 1.54) is 79.9 Å². The standard InChI is InChI=1S/C25H25.C15H8F6.C5H5.2ClH.Zr/c1-14-12-24(3,4)22-8-16-7-17-9-23-19(15(2)13-25(23,5)6)11-21(17)20(16)10-18(14)22;16-14(17,18)12-5-1-10(2-6-12)9-11-3-7-13(8-4-11)15(19,20)21;1-2-4-5-3-1;;;/h8-12H,7H2,1-6H3;1-8H;1-5H;2*1H;/q-1;;-1;;;+2/p-2. The molecular formula is C45H38Cl2F6Zr-2. The van der Waals surface area contributed by atoms with Crippen molar-refractivity contribution in [2.24, 2.45) is 0 Å². The van der Waals surface area contributed by atoms with Crippen molar-refractivity contribution < 1.29 is 75.4 Å². The SMILES string of the molecule is CC1=[C-]C(C)(C)c2cc3c(cc21)-c1cc2c(cc1C3)C(C)(C)C=C2C.FC(F)(F)c1ccc([C](=[Zr+2])c2ccc(C(F)(F)F)cc2)cc1.[Cl-].[Cl-].c1cc[cH-]c1. The topological polar surface area (TPSA) is 0 Å². The van der Waals surface area contributed by atoms with Crippen molar-refractivity contribution in [3.63, 3.8) is 0 Å². The van der Waals surface area contributed by atoms with Crippen LogP contribution in [-0.2, 0) is 53.8 Å². The van der Waals surface area contributed by atoms with E-state index in [9.17, 15) is 26.3 Å². The molecule has 0 bridgehead atoms. The molecule has 0 unspecified atom stereocenters. The van der Waals surface area contributed by atoms with E-state index < -0.39 is 23.5 Å². The van der Waals surface area contributed by atoms with Crippen molar-refractivity contribution in [1.82, 2.24) is 0 Å². The predicted octanol–water partition coefficient (Wildman–Crippen LogP) is 6.70. The van der Waals surface area contributed by atoms with Crippen LogP contribution in [0.25, 0.3) is 22.3 Å². The Morgan fingerprint density at radius 1 is 0.648 bits per heavy atom. The van der Waals surface area contributed by atoms with Crippen molar-refractivity contribution in [3.05, 3.63) is 171 Å². The van der Waals surface area contributed by atoms with Gasteiger partial charge in [-0.2, -0.15) is 23.8 Å². The Bertz CT molecular complexity index is 2040. The second-order valence-electron chi connectivity index (χ2n) is 14.7. The van der Waals surface area contributed by atoms with Gasteiger partial charge in [-0.05, 0) is 58.4 Å². The predicted molar refractivity (Wildman–Crippen MR) is 195 cm³/mol. The summed E-state index contributed by atoms with van der Waals surface area (Å²) in [6.07, 6.45) is -1.68. The van der Waals surface area contributed by atoms with Crippen LogP contribution in [0.1, 0.15) is 97.2 Å². The summed E-state index contributed by atoms with van der Waals surface area (Å²) in [5.74, 6) is 0. The zero-order valence-electron chi connectivity index (χ0n) is 30.6. The Morgan fingerprint density at radius 3 is 1.52 bits per heavy atom. The van der Waals surface area contributed by atoms with Crippen LogP contribution >= 0.6 is 0 Å². The molecule has 0 aliphatic heterocycles. The summed E-state index contributed by atoms with van der Waals surface area (Å²) in [7, 11) is 0. The van der Waals surface area contributed by atoms with Crippen molar-refractivity contribution in [3.8, 4) is 11.1 Å². The monoisotopic (exact) mass is 852 g/mol. The average molecular weight is 855 g/mol. The van der Waals surface area contributed by atoms with E-state index in [0.29, 0.717) is 14.3 Å². The molecule has 0 N–H and O–H groups in total. The summed E-state index contributed by atoms with van der Waals surface area (Å²) in [5, 5.41) is 0. The van der Waals surface area contributed by atoms with Crippen molar-refractivity contribution >= 4 is 14.4 Å². The molecule has 3 aliphatic rings. The van der Waals surface area contributed by atoms with Crippen LogP contribution in [0, 0.1) is 6.08 Å². The Hall–Kier alpha value is -3.38. The number of rotatable bonds is 2. The molecule has 8 rings (SSSR count). The van der Waals surface area contributed by atoms with Crippen LogP contribution < -0.4 is 24.8 Å². The summed E-state index contributed by atoms with van der Waals surface area (Å²) < 4.78 is 75.6. The van der Waals surface area contributed by atoms with Gasteiger partial charge in [0, 0.05) is 5.41 Å². The maximum Gasteiger partial charge on any atom is -0.172 e. The molecule has 54 heavy (non-hydrogen) atoms. The van der Waals surface area contributed by atoms with E-state index in [4.69, 9.17) is 0 Å². The van der Waals surface area contributed by atoms with E-state index in [1.54, 1.807) is 0 Å². The number of alkyl halides is 6. The molecule has 0 atom stereocenters. The first-order valence-corrected chi connectivity index (χ1v) is 18.3. The van der Waals surface area contributed by atoms with E-state index in [2.05, 4.69) is 78.0 Å². The summed E-state index contributed by atoms with van der Waals surface area (Å²) in [4.78, 5) is 0. The van der Waals surface area contributed by atoms with Gasteiger partial charge in [0.1, 0.15) is 0 Å². The van der Waals surface area contributed by atoms with Gasteiger partial charge in [0.15, 0.2) is 0 Å². The summed E-state index contributed by atoms with van der Waals surface area (Å²) >= 11 is 0.898. The Morgan fingerprint density at radius 2 is 1.09 bits per heavy atom. The molecule has 0 aromatic heterocycles. The van der Waals surface area contributed by atoms with E-state index in [-0.39, 0.29) is 35.6 Å². The maximum absolute atomic E-state index is 12.5. The van der Waals surface area contributed by atoms with E-state index in [0.717, 1.165) is 54.9 Å². The van der Waals surface area contributed by atoms with Crippen molar-refractivity contribution in [2.75, 3.05) is 0 Å². The van der Waals surface area contributed by atoms with Crippen LogP contribution in [0.4, 0.5) is 26.3 Å². The normalized spacial score (nSPS) is 15.3. The zero-order valence-corrected chi connectivity index (χ0v) is 34.6. The number of hydrogen-bond donors (Lipinski definition) is 0. The Kier molecular flexibility index (Phi) is 12.8. The number of halogens is 8. The van der Waals surface area contributed by atoms with E-state index in [1.807, 2.05) is 30.3 Å². The minimum atomic E-state index is -4.41. The fraction of sp³-hybridized carbons (Fsp3) is 0.244. The van der Waals surface area contributed by atoms with Gasteiger partial charge in [0.2, 0.25) is 0 Å². The van der Waals surface area contributed by atoms with Gasteiger partial charge in [-0.3, -0.25) is 6.08 Å². The molecule has 5 aromatic carbocycles.